The Morgan fingerprint density at radius 1 is 1.15 bits per heavy atom. The minimum Gasteiger partial charge on any atom is -0.478 e. The third-order valence-electron chi connectivity index (χ3n) is 5.89. The molecular weight excluding hydrogens is 446 g/mol. The number of carboxylic acid groups (broad SMARTS) is 1. The van der Waals surface area contributed by atoms with Gasteiger partial charge in [0.05, 0.1) is 13.2 Å². The average molecular weight is 478 g/mol. The van der Waals surface area contributed by atoms with Crippen LogP contribution in [0.4, 0.5) is 5.69 Å². The predicted octanol–water partition coefficient (Wildman–Crippen LogP) is 6.83. The Kier molecular flexibility index (Phi) is 8.03. The smallest absolute Gasteiger partial charge is 0.331 e. The number of aliphatic carboxylic acids is 1. The van der Waals surface area contributed by atoms with Crippen molar-refractivity contribution in [1.82, 2.24) is 0 Å². The number of fused-ring (bicyclic) bond motifs is 1. The van der Waals surface area contributed by atoms with Crippen LogP contribution in [0.2, 0.25) is 0 Å². The normalized spacial score (nSPS) is 14.2. The monoisotopic (exact) mass is 477 g/mol. The molecule has 2 aromatic carbocycles. The van der Waals surface area contributed by atoms with Crippen molar-refractivity contribution in [1.29, 1.82) is 0 Å². The highest BCUT2D eigenvalue weighted by Crippen LogP contribution is 2.34. The Hall–Kier alpha value is -3.09. The number of hydrogen-bond acceptors (Lipinski definition) is 5. The van der Waals surface area contributed by atoms with E-state index in [1.165, 1.54) is 4.88 Å². The second-order valence-corrected chi connectivity index (χ2v) is 9.47. The predicted molar refractivity (Wildman–Crippen MR) is 138 cm³/mol. The van der Waals surface area contributed by atoms with E-state index in [2.05, 4.69) is 41.5 Å². The number of carbonyl (C=O) groups is 1. The van der Waals surface area contributed by atoms with Crippen molar-refractivity contribution in [3.63, 3.8) is 0 Å². The Balaban J connectivity index is 1.55. The van der Waals surface area contributed by atoms with E-state index in [0.29, 0.717) is 25.1 Å². The molecule has 0 saturated carbocycles. The van der Waals surface area contributed by atoms with Crippen LogP contribution in [-0.4, -0.2) is 30.5 Å². The topological polar surface area (TPSA) is 59.0 Å². The summed E-state index contributed by atoms with van der Waals surface area (Å²) in [4.78, 5) is 15.3. The van der Waals surface area contributed by atoms with Crippen LogP contribution in [0.15, 0.2) is 65.6 Å². The third kappa shape index (κ3) is 6.07. The Labute approximate surface area is 205 Å². The number of carboxylic acids is 1. The maximum atomic E-state index is 11.8. The highest BCUT2D eigenvalue weighted by atomic mass is 32.1. The second kappa shape index (κ2) is 11.4. The summed E-state index contributed by atoms with van der Waals surface area (Å²) in [5.41, 5.74) is 4.52. The van der Waals surface area contributed by atoms with Crippen LogP contribution in [0, 0.1) is 0 Å². The number of thiophene rings is 1. The van der Waals surface area contributed by atoms with Gasteiger partial charge >= 0.3 is 5.97 Å². The van der Waals surface area contributed by atoms with Gasteiger partial charge in [0.2, 0.25) is 0 Å². The molecule has 1 N–H and O–H groups in total. The van der Waals surface area contributed by atoms with Crippen molar-refractivity contribution in [3.8, 4) is 16.9 Å². The summed E-state index contributed by atoms with van der Waals surface area (Å²) in [6.45, 7) is 6.18. The zero-order valence-electron chi connectivity index (χ0n) is 19.7. The lowest BCUT2D eigenvalue weighted by molar-refractivity contribution is -0.132. The van der Waals surface area contributed by atoms with Gasteiger partial charge in [0.15, 0.2) is 6.29 Å². The van der Waals surface area contributed by atoms with E-state index in [1.807, 2.05) is 43.3 Å². The Bertz CT molecular complexity index is 1120. The number of rotatable bonds is 10. The number of anilines is 1. The summed E-state index contributed by atoms with van der Waals surface area (Å²) in [7, 11) is 0. The van der Waals surface area contributed by atoms with Gasteiger partial charge < -0.3 is 19.5 Å². The number of ether oxygens (including phenoxy) is 2. The molecule has 1 unspecified atom stereocenters. The van der Waals surface area contributed by atoms with Gasteiger partial charge in [-0.2, -0.15) is 0 Å². The van der Waals surface area contributed by atoms with Crippen LogP contribution < -0.4 is 9.64 Å². The highest BCUT2D eigenvalue weighted by Gasteiger charge is 2.20. The number of hydrogen-bond donors (Lipinski definition) is 1. The fourth-order valence-corrected chi connectivity index (χ4v) is 4.76. The quantitative estimate of drug-likeness (QED) is 0.256. The van der Waals surface area contributed by atoms with Crippen LogP contribution in [0.5, 0.6) is 5.75 Å². The lowest BCUT2D eigenvalue weighted by Crippen LogP contribution is -2.24. The maximum absolute atomic E-state index is 11.8. The molecule has 5 nitrogen and oxygen atoms in total. The number of benzene rings is 2. The van der Waals surface area contributed by atoms with Crippen molar-refractivity contribution in [2.45, 2.75) is 45.9 Å². The van der Waals surface area contributed by atoms with Crippen molar-refractivity contribution >= 4 is 29.1 Å². The van der Waals surface area contributed by atoms with E-state index in [-0.39, 0.29) is 6.29 Å². The molecule has 3 aromatic rings. The first-order valence-corrected chi connectivity index (χ1v) is 12.7. The first-order valence-electron chi connectivity index (χ1n) is 11.8. The molecule has 0 spiro atoms. The summed E-state index contributed by atoms with van der Waals surface area (Å²) in [6.07, 6.45) is 4.15. The van der Waals surface area contributed by atoms with Crippen LogP contribution in [-0.2, 0) is 16.1 Å². The zero-order valence-corrected chi connectivity index (χ0v) is 20.5. The minimum absolute atomic E-state index is 0.293. The van der Waals surface area contributed by atoms with E-state index in [1.54, 1.807) is 11.3 Å². The van der Waals surface area contributed by atoms with Gasteiger partial charge in [-0.05, 0) is 78.2 Å². The first kappa shape index (κ1) is 24.0. The molecule has 2 heterocycles. The van der Waals surface area contributed by atoms with E-state index < -0.39 is 5.97 Å². The Morgan fingerprint density at radius 3 is 2.65 bits per heavy atom. The van der Waals surface area contributed by atoms with Gasteiger partial charge in [-0.1, -0.05) is 37.6 Å². The van der Waals surface area contributed by atoms with Crippen LogP contribution in [0.1, 0.15) is 43.6 Å². The number of nitrogens with zero attached hydrogens (tertiary/aromatic N) is 1. The fourth-order valence-electron chi connectivity index (χ4n) is 4.04. The van der Waals surface area contributed by atoms with Gasteiger partial charge in [-0.3, -0.25) is 0 Å². The molecule has 6 heteroatoms. The van der Waals surface area contributed by atoms with E-state index in [4.69, 9.17) is 9.47 Å². The molecule has 0 saturated heterocycles. The highest BCUT2D eigenvalue weighted by molar-refractivity contribution is 7.09. The summed E-state index contributed by atoms with van der Waals surface area (Å²) in [5.74, 6) is -0.0937. The van der Waals surface area contributed by atoms with Crippen molar-refractivity contribution in [2.24, 2.45) is 0 Å². The van der Waals surface area contributed by atoms with E-state index in [9.17, 15) is 9.90 Å². The molecule has 1 aliphatic rings. The van der Waals surface area contributed by atoms with E-state index >= 15 is 0 Å². The van der Waals surface area contributed by atoms with Gasteiger partial charge in [-0.15, -0.1) is 11.3 Å². The molecule has 1 aromatic heterocycles. The van der Waals surface area contributed by atoms with Crippen molar-refractivity contribution < 1.29 is 19.4 Å². The average Bonchev–Trinajstić information content (AvgIpc) is 3.27. The van der Waals surface area contributed by atoms with E-state index in [0.717, 1.165) is 47.5 Å². The molecule has 1 aliphatic heterocycles. The molecule has 4 rings (SSSR count). The molecule has 1 atom stereocenters. The molecule has 0 fully saturated rings. The molecule has 0 aliphatic carbocycles. The lowest BCUT2D eigenvalue weighted by Gasteiger charge is -2.25. The molecule has 0 bridgehead atoms. The SMILES string of the molecule is CCCCOC(C)Oc1ccc(-c2ccc3c(c2)C=C(C(=O)O)CCN3Cc2cccs2)cc1. The molecule has 0 radical (unpaired) electrons. The number of unbranched alkanes of at least 4 members (excludes halogenated alkanes) is 1. The van der Waals surface area contributed by atoms with Crippen LogP contribution in [0.3, 0.4) is 0 Å². The standard InChI is InChI=1S/C28H31NO4S/c1-3-4-15-32-20(2)33-25-10-7-21(8-11-25)22-9-12-27-24(17-22)18-23(28(30)31)13-14-29(27)19-26-6-5-16-34-26/h5-12,16-18,20H,3-4,13-15,19H2,1-2H3,(H,30,31). The first-order chi connectivity index (χ1) is 16.5. The van der Waals surface area contributed by atoms with Crippen LogP contribution >= 0.6 is 11.3 Å². The molecular formula is C28H31NO4S. The molecule has 178 valence electrons. The third-order valence-corrected chi connectivity index (χ3v) is 6.75. The lowest BCUT2D eigenvalue weighted by atomic mass is 10.00. The molecule has 0 amide bonds. The summed E-state index contributed by atoms with van der Waals surface area (Å²) in [6, 6.07) is 18.4. The zero-order chi connectivity index (χ0) is 23.9. The minimum atomic E-state index is -0.855. The summed E-state index contributed by atoms with van der Waals surface area (Å²) in [5, 5.41) is 11.8. The van der Waals surface area contributed by atoms with Gasteiger partial charge in [-0.25, -0.2) is 4.79 Å². The maximum Gasteiger partial charge on any atom is 0.331 e. The van der Waals surface area contributed by atoms with Crippen LogP contribution in [0.25, 0.3) is 17.2 Å². The summed E-state index contributed by atoms with van der Waals surface area (Å²) >= 11 is 1.72. The van der Waals surface area contributed by atoms with Crippen molar-refractivity contribution in [3.05, 3.63) is 76.0 Å². The fraction of sp³-hybridized carbons (Fsp3) is 0.321. The summed E-state index contributed by atoms with van der Waals surface area (Å²) < 4.78 is 11.5. The largest absolute Gasteiger partial charge is 0.478 e. The Morgan fingerprint density at radius 2 is 1.94 bits per heavy atom. The second-order valence-electron chi connectivity index (χ2n) is 8.43. The molecule has 34 heavy (non-hydrogen) atoms. The van der Waals surface area contributed by atoms with Gasteiger partial charge in [0, 0.05) is 22.7 Å². The van der Waals surface area contributed by atoms with Gasteiger partial charge in [0.1, 0.15) is 5.75 Å². The van der Waals surface area contributed by atoms with Crippen molar-refractivity contribution in [2.75, 3.05) is 18.1 Å². The van der Waals surface area contributed by atoms with Gasteiger partial charge in [0.25, 0.3) is 0 Å².